The summed E-state index contributed by atoms with van der Waals surface area (Å²) in [6, 6.07) is 3.55. The number of carbonyl (C=O) groups is 1. The monoisotopic (exact) mass is 436 g/mol. The van der Waals surface area contributed by atoms with Crippen molar-refractivity contribution < 1.29 is 31.1 Å². The van der Waals surface area contributed by atoms with Gasteiger partial charge < -0.3 is 10.1 Å². The highest BCUT2D eigenvalue weighted by Crippen LogP contribution is 2.31. The van der Waals surface area contributed by atoms with E-state index in [2.05, 4.69) is 5.32 Å². The summed E-state index contributed by atoms with van der Waals surface area (Å²) in [6.45, 7) is 1.16. The van der Waals surface area contributed by atoms with Crippen LogP contribution in [0.15, 0.2) is 23.1 Å². The van der Waals surface area contributed by atoms with Crippen molar-refractivity contribution in [3.05, 3.63) is 18.2 Å². The van der Waals surface area contributed by atoms with Crippen molar-refractivity contribution in [1.82, 2.24) is 4.31 Å². The summed E-state index contributed by atoms with van der Waals surface area (Å²) >= 11 is 0. The fourth-order valence-corrected chi connectivity index (χ4v) is 4.58. The van der Waals surface area contributed by atoms with Crippen LogP contribution in [0, 0.1) is 0 Å². The van der Waals surface area contributed by atoms with Gasteiger partial charge in [0.05, 0.1) is 10.6 Å². The Morgan fingerprint density at radius 3 is 2.41 bits per heavy atom. The Labute approximate surface area is 169 Å². The number of hydrogen-bond acceptors (Lipinski definition) is 4. The summed E-state index contributed by atoms with van der Waals surface area (Å²) in [7, 11) is -3.82. The van der Waals surface area contributed by atoms with Crippen molar-refractivity contribution in [2.24, 2.45) is 0 Å². The number of hydrogen-bond donors (Lipinski definition) is 1. The molecular formula is C19H27F3N2O4S. The fraction of sp³-hybridized carbons (Fsp3) is 0.632. The molecule has 164 valence electrons. The third-order valence-electron chi connectivity index (χ3n) is 4.58. The number of anilines is 1. The molecule has 6 nitrogen and oxygen atoms in total. The molecule has 29 heavy (non-hydrogen) atoms. The molecule has 0 spiro atoms. The third-order valence-corrected chi connectivity index (χ3v) is 6.47. The SMILES string of the molecule is CCCCC(=O)Nc1cc(S(=O)(=O)N2CCCCCC2)ccc1OCC(F)(F)F. The lowest BCUT2D eigenvalue weighted by Gasteiger charge is -2.21. The first-order valence-corrected chi connectivity index (χ1v) is 11.2. The normalized spacial score (nSPS) is 16.3. The van der Waals surface area contributed by atoms with Gasteiger partial charge in [0.2, 0.25) is 15.9 Å². The number of rotatable bonds is 8. The Hall–Kier alpha value is -1.81. The van der Waals surface area contributed by atoms with Gasteiger partial charge in [-0.25, -0.2) is 8.42 Å². The molecule has 0 aliphatic carbocycles. The summed E-state index contributed by atoms with van der Waals surface area (Å²) in [5.41, 5.74) is -0.0775. The molecule has 0 unspecified atom stereocenters. The standard InChI is InChI=1S/C19H27F3N2O4S/c1-2-3-8-18(25)23-16-13-15(9-10-17(16)28-14-19(20,21)22)29(26,27)24-11-6-4-5-7-12-24/h9-10,13H,2-8,11-12,14H2,1H3,(H,23,25). The van der Waals surface area contributed by atoms with Crippen LogP contribution in [-0.2, 0) is 14.8 Å². The number of benzene rings is 1. The van der Waals surface area contributed by atoms with Crippen LogP contribution in [0.5, 0.6) is 5.75 Å². The molecule has 0 bridgehead atoms. The van der Waals surface area contributed by atoms with E-state index in [1.807, 2.05) is 6.92 Å². The molecule has 10 heteroatoms. The minimum atomic E-state index is -4.56. The van der Waals surface area contributed by atoms with Crippen LogP contribution >= 0.6 is 0 Å². The lowest BCUT2D eigenvalue weighted by Crippen LogP contribution is -2.32. The third kappa shape index (κ3) is 7.18. The minimum absolute atomic E-state index is 0.0775. The number of nitrogens with zero attached hydrogens (tertiary/aromatic N) is 1. The van der Waals surface area contributed by atoms with Gasteiger partial charge >= 0.3 is 6.18 Å². The Morgan fingerprint density at radius 1 is 1.17 bits per heavy atom. The number of halogens is 3. The van der Waals surface area contributed by atoms with Gasteiger partial charge in [-0.05, 0) is 37.5 Å². The van der Waals surface area contributed by atoms with Gasteiger partial charge in [0.15, 0.2) is 6.61 Å². The van der Waals surface area contributed by atoms with Gasteiger partial charge in [-0.3, -0.25) is 4.79 Å². The van der Waals surface area contributed by atoms with E-state index in [0.717, 1.165) is 38.2 Å². The molecule has 1 aliphatic heterocycles. The number of unbranched alkanes of at least 4 members (excludes halogenated alkanes) is 1. The summed E-state index contributed by atoms with van der Waals surface area (Å²) in [5, 5.41) is 2.50. The average molecular weight is 436 g/mol. The van der Waals surface area contributed by atoms with Crippen LogP contribution in [-0.4, -0.2) is 44.5 Å². The highest BCUT2D eigenvalue weighted by atomic mass is 32.2. The Morgan fingerprint density at radius 2 is 1.83 bits per heavy atom. The van der Waals surface area contributed by atoms with Gasteiger partial charge in [-0.2, -0.15) is 17.5 Å². The van der Waals surface area contributed by atoms with Gasteiger partial charge in [0.25, 0.3) is 0 Å². The van der Waals surface area contributed by atoms with E-state index in [4.69, 9.17) is 4.74 Å². The summed E-state index contributed by atoms with van der Waals surface area (Å²) in [4.78, 5) is 12.0. The molecule has 1 aromatic carbocycles. The van der Waals surface area contributed by atoms with Crippen molar-refractivity contribution in [3.8, 4) is 5.75 Å². The first-order valence-electron chi connectivity index (χ1n) is 9.77. The first kappa shape index (κ1) is 23.5. The van der Waals surface area contributed by atoms with E-state index < -0.39 is 28.7 Å². The predicted molar refractivity (Wildman–Crippen MR) is 103 cm³/mol. The summed E-state index contributed by atoms with van der Waals surface area (Å²) in [5.74, 6) is -0.630. The summed E-state index contributed by atoms with van der Waals surface area (Å²) in [6.07, 6.45) is 0.423. The number of ether oxygens (including phenoxy) is 1. The van der Waals surface area contributed by atoms with Crippen molar-refractivity contribution in [2.45, 2.75) is 62.9 Å². The smallest absolute Gasteiger partial charge is 0.422 e. The highest BCUT2D eigenvalue weighted by Gasteiger charge is 2.30. The largest absolute Gasteiger partial charge is 0.482 e. The second-order valence-corrected chi connectivity index (χ2v) is 8.97. The van der Waals surface area contributed by atoms with Gasteiger partial charge in [0, 0.05) is 19.5 Å². The van der Waals surface area contributed by atoms with Crippen LogP contribution in [0.1, 0.15) is 51.9 Å². The molecule has 0 saturated carbocycles. The van der Waals surface area contributed by atoms with E-state index in [0.29, 0.717) is 19.5 Å². The molecule has 0 atom stereocenters. The zero-order chi connectivity index (χ0) is 21.5. The van der Waals surface area contributed by atoms with Gasteiger partial charge in [0.1, 0.15) is 5.75 Å². The lowest BCUT2D eigenvalue weighted by atomic mass is 10.2. The zero-order valence-electron chi connectivity index (χ0n) is 16.4. The maximum absolute atomic E-state index is 13.0. The van der Waals surface area contributed by atoms with Crippen LogP contribution < -0.4 is 10.1 Å². The lowest BCUT2D eigenvalue weighted by molar-refractivity contribution is -0.153. The number of alkyl halides is 3. The number of sulfonamides is 1. The molecular weight excluding hydrogens is 409 g/mol. The maximum Gasteiger partial charge on any atom is 0.422 e. The molecule has 1 aromatic rings. The first-order chi connectivity index (χ1) is 13.6. The quantitative estimate of drug-likeness (QED) is 0.659. The van der Waals surface area contributed by atoms with Gasteiger partial charge in [-0.1, -0.05) is 26.2 Å². The molecule has 0 radical (unpaired) electrons. The molecule has 2 rings (SSSR count). The van der Waals surface area contributed by atoms with Gasteiger partial charge in [-0.15, -0.1) is 0 Å². The molecule has 1 aliphatic rings. The molecule has 1 saturated heterocycles. The Bertz CT molecular complexity index is 789. The number of amides is 1. The van der Waals surface area contributed by atoms with Crippen molar-refractivity contribution in [3.63, 3.8) is 0 Å². The van der Waals surface area contributed by atoms with Crippen LogP contribution in [0.4, 0.5) is 18.9 Å². The van der Waals surface area contributed by atoms with E-state index in [9.17, 15) is 26.4 Å². The molecule has 1 amide bonds. The topological polar surface area (TPSA) is 75.7 Å². The molecule has 1 heterocycles. The van der Waals surface area contributed by atoms with E-state index in [-0.39, 0.29) is 22.8 Å². The summed E-state index contributed by atoms with van der Waals surface area (Å²) < 4.78 is 69.7. The molecule has 1 fully saturated rings. The average Bonchev–Trinajstić information content (AvgIpc) is 2.94. The number of carbonyl (C=O) groups excluding carboxylic acids is 1. The van der Waals surface area contributed by atoms with E-state index >= 15 is 0 Å². The van der Waals surface area contributed by atoms with Crippen LogP contribution in [0.3, 0.4) is 0 Å². The number of nitrogens with one attached hydrogen (secondary N) is 1. The van der Waals surface area contributed by atoms with Crippen LogP contribution in [0.25, 0.3) is 0 Å². The Kier molecular flexibility index (Phi) is 8.33. The van der Waals surface area contributed by atoms with Crippen molar-refractivity contribution >= 4 is 21.6 Å². The van der Waals surface area contributed by atoms with E-state index in [1.165, 1.54) is 16.4 Å². The minimum Gasteiger partial charge on any atom is -0.482 e. The van der Waals surface area contributed by atoms with Crippen LogP contribution in [0.2, 0.25) is 0 Å². The second-order valence-electron chi connectivity index (χ2n) is 7.03. The highest BCUT2D eigenvalue weighted by molar-refractivity contribution is 7.89. The molecule has 0 aromatic heterocycles. The Balaban J connectivity index is 2.31. The maximum atomic E-state index is 13.0. The molecule has 1 N–H and O–H groups in total. The van der Waals surface area contributed by atoms with Crippen molar-refractivity contribution in [1.29, 1.82) is 0 Å². The zero-order valence-corrected chi connectivity index (χ0v) is 17.2. The van der Waals surface area contributed by atoms with Crippen molar-refractivity contribution in [2.75, 3.05) is 25.0 Å². The predicted octanol–water partition coefficient (Wildman–Crippen LogP) is 4.32. The second kappa shape index (κ2) is 10.3. The van der Waals surface area contributed by atoms with E-state index in [1.54, 1.807) is 0 Å². The fourth-order valence-electron chi connectivity index (χ4n) is 3.03.